The van der Waals surface area contributed by atoms with Crippen LogP contribution in [0.2, 0.25) is 0 Å². The second-order valence-electron chi connectivity index (χ2n) is 22.6. The van der Waals surface area contributed by atoms with Crippen molar-refractivity contribution >= 4 is 68.6 Å². The van der Waals surface area contributed by atoms with E-state index in [1.54, 1.807) is 17.8 Å². The number of allylic oxidation sites excluding steroid dienone is 8. The SMILES string of the molecule is CCCCCCc1cc(-c2sc(-c3cc4c(s3)CC(/C=C(\C#N)C(=O)O)S4)cc2CCCCCC)sc1-c1ccc(N(C2=CC3=C(CC2)c2ccccc2C3(C)C)C2=CC=C3c4ccccc4C(C)(C)C3C2C)cc1. The summed E-state index contributed by atoms with van der Waals surface area (Å²) >= 11 is 7.46. The van der Waals surface area contributed by atoms with Crippen LogP contribution in [0.5, 0.6) is 0 Å². The highest BCUT2D eigenvalue weighted by Gasteiger charge is 2.48. The first-order valence-corrected chi connectivity index (χ1v) is 31.0. The summed E-state index contributed by atoms with van der Waals surface area (Å²) < 4.78 is 0. The third-order valence-corrected chi connectivity index (χ3v) is 22.4. The Morgan fingerprint density at radius 3 is 2.11 bits per heavy atom. The highest BCUT2D eigenvalue weighted by Crippen LogP contribution is 2.58. The molecule has 75 heavy (non-hydrogen) atoms. The highest BCUT2D eigenvalue weighted by molar-refractivity contribution is 8.00. The molecule has 3 atom stereocenters. The molecule has 384 valence electrons. The normalized spacial score (nSPS) is 19.9. The molecule has 0 radical (unpaired) electrons. The molecule has 3 unspecified atom stereocenters. The fraction of sp³-hybridized carbons (Fsp3) is 0.373. The first kappa shape index (κ1) is 51.7. The summed E-state index contributed by atoms with van der Waals surface area (Å²) in [5, 5.41) is 18.9. The molecule has 4 heterocycles. The average Bonchev–Trinajstić information content (AvgIpc) is 4.33. The molecule has 3 aromatic heterocycles. The van der Waals surface area contributed by atoms with Crippen molar-refractivity contribution in [2.75, 3.05) is 4.90 Å². The lowest BCUT2D eigenvalue weighted by Gasteiger charge is -2.42. The topological polar surface area (TPSA) is 64.3 Å². The Labute approximate surface area is 462 Å². The first-order valence-electron chi connectivity index (χ1n) is 27.7. The van der Waals surface area contributed by atoms with Crippen molar-refractivity contribution in [1.82, 2.24) is 0 Å². The third-order valence-electron chi connectivity index (χ3n) is 17.1. The lowest BCUT2D eigenvalue weighted by Crippen LogP contribution is -2.37. The Kier molecular flexibility index (Phi) is 14.6. The number of nitrogens with zero attached hydrogens (tertiary/aromatic N) is 2. The number of nitriles is 1. The van der Waals surface area contributed by atoms with Crippen molar-refractivity contribution in [3.63, 3.8) is 0 Å². The number of hydrogen-bond donors (Lipinski definition) is 1. The minimum Gasteiger partial charge on any atom is -0.477 e. The van der Waals surface area contributed by atoms with Gasteiger partial charge in [-0.05, 0) is 155 Å². The number of benzene rings is 3. The molecule has 4 nitrogen and oxygen atoms in total. The van der Waals surface area contributed by atoms with Crippen LogP contribution in [0.15, 0.2) is 143 Å². The number of rotatable bonds is 18. The number of anilines is 1. The number of thiophene rings is 3. The van der Waals surface area contributed by atoms with Crippen LogP contribution in [0.3, 0.4) is 0 Å². The van der Waals surface area contributed by atoms with Gasteiger partial charge in [0.05, 0.1) is 0 Å². The van der Waals surface area contributed by atoms with Crippen LogP contribution < -0.4 is 4.90 Å². The number of carboxylic acids is 1. The van der Waals surface area contributed by atoms with E-state index in [4.69, 9.17) is 0 Å². The minimum absolute atomic E-state index is 0.00455. The molecule has 8 heteroatoms. The lowest BCUT2D eigenvalue weighted by molar-refractivity contribution is -0.132. The van der Waals surface area contributed by atoms with Crippen LogP contribution in [-0.4, -0.2) is 16.3 Å². The van der Waals surface area contributed by atoms with Crippen LogP contribution in [0, 0.1) is 23.2 Å². The summed E-state index contributed by atoms with van der Waals surface area (Å²) in [4.78, 5) is 23.6. The maximum atomic E-state index is 11.6. The van der Waals surface area contributed by atoms with Crippen molar-refractivity contribution in [2.45, 2.75) is 153 Å². The van der Waals surface area contributed by atoms with Gasteiger partial charge in [-0.2, -0.15) is 5.26 Å². The van der Waals surface area contributed by atoms with Crippen LogP contribution in [-0.2, 0) is 34.9 Å². The quantitative estimate of drug-likeness (QED) is 0.0528. The van der Waals surface area contributed by atoms with E-state index in [9.17, 15) is 15.2 Å². The molecule has 0 saturated carbocycles. The van der Waals surface area contributed by atoms with E-state index < -0.39 is 5.97 Å². The Morgan fingerprint density at radius 1 is 0.760 bits per heavy atom. The van der Waals surface area contributed by atoms with Gasteiger partial charge in [-0.15, -0.1) is 45.8 Å². The molecular formula is C67H70N2O2S4. The van der Waals surface area contributed by atoms with E-state index >= 15 is 0 Å². The molecule has 0 amide bonds. The fourth-order valence-corrected chi connectivity index (χ4v) is 18.7. The van der Waals surface area contributed by atoms with Gasteiger partial charge in [-0.25, -0.2) is 4.79 Å². The number of unbranched alkanes of at least 4 members (excludes halogenated alkanes) is 6. The molecule has 1 N–H and O–H groups in total. The number of aliphatic carboxylic acids is 1. The largest absolute Gasteiger partial charge is 0.477 e. The van der Waals surface area contributed by atoms with Crippen molar-refractivity contribution in [1.29, 1.82) is 5.26 Å². The maximum Gasteiger partial charge on any atom is 0.346 e. The zero-order valence-corrected chi connectivity index (χ0v) is 48.0. The lowest BCUT2D eigenvalue weighted by atomic mass is 9.68. The molecule has 11 rings (SSSR count). The van der Waals surface area contributed by atoms with E-state index in [2.05, 4.69) is 163 Å². The van der Waals surface area contributed by atoms with Gasteiger partial charge in [0, 0.05) is 73.7 Å². The van der Waals surface area contributed by atoms with E-state index in [0.29, 0.717) is 11.8 Å². The minimum atomic E-state index is -1.15. The van der Waals surface area contributed by atoms with Gasteiger partial charge in [-0.3, -0.25) is 0 Å². The molecule has 3 aromatic carbocycles. The molecule has 0 fully saturated rings. The fourth-order valence-electron chi connectivity index (χ4n) is 13.3. The summed E-state index contributed by atoms with van der Waals surface area (Å²) in [6.45, 7) is 16.9. The monoisotopic (exact) mass is 1060 g/mol. The molecule has 4 aliphatic carbocycles. The van der Waals surface area contributed by atoms with Gasteiger partial charge in [0.15, 0.2) is 0 Å². The molecule has 0 saturated heterocycles. The molecule has 0 spiro atoms. The molecule has 0 bridgehead atoms. The second-order valence-corrected chi connectivity index (χ2v) is 27.2. The molecule has 6 aromatic rings. The van der Waals surface area contributed by atoms with E-state index in [1.807, 2.05) is 40.1 Å². The maximum absolute atomic E-state index is 11.6. The average molecular weight is 1060 g/mol. The van der Waals surface area contributed by atoms with Crippen molar-refractivity contribution < 1.29 is 9.90 Å². The summed E-state index contributed by atoms with van der Waals surface area (Å²) in [6, 6.07) is 37.1. The van der Waals surface area contributed by atoms with E-state index in [1.165, 1.54) is 158 Å². The Hall–Kier alpha value is -5.43. The Morgan fingerprint density at radius 2 is 1.41 bits per heavy atom. The van der Waals surface area contributed by atoms with Crippen molar-refractivity contribution in [3.05, 3.63) is 176 Å². The Balaban J connectivity index is 0.964. The van der Waals surface area contributed by atoms with Gasteiger partial charge in [0.25, 0.3) is 0 Å². The Bertz CT molecular complexity index is 3370. The number of carbonyl (C=O) groups is 1. The zero-order chi connectivity index (χ0) is 52.2. The second kappa shape index (κ2) is 21.2. The molecular weight excluding hydrogens is 993 g/mol. The van der Waals surface area contributed by atoms with Crippen molar-refractivity contribution in [2.24, 2.45) is 11.8 Å². The van der Waals surface area contributed by atoms with E-state index in [-0.39, 0.29) is 21.7 Å². The highest BCUT2D eigenvalue weighted by atomic mass is 32.2. The van der Waals surface area contributed by atoms with Crippen LogP contribution in [0.25, 0.3) is 41.1 Å². The number of fused-ring (bicyclic) bond motifs is 6. The van der Waals surface area contributed by atoms with Crippen LogP contribution in [0.1, 0.15) is 151 Å². The van der Waals surface area contributed by atoms with Gasteiger partial charge in [-0.1, -0.05) is 154 Å². The third kappa shape index (κ3) is 9.53. The smallest absolute Gasteiger partial charge is 0.346 e. The molecule has 5 aliphatic rings. The number of aryl methyl sites for hydroxylation is 2. The zero-order valence-electron chi connectivity index (χ0n) is 44.8. The summed E-state index contributed by atoms with van der Waals surface area (Å²) in [7, 11) is 0. The first-order chi connectivity index (χ1) is 36.3. The number of carboxylic acid groups (broad SMARTS) is 1. The predicted molar refractivity (Wildman–Crippen MR) is 321 cm³/mol. The standard InChI is InChI=1S/C67H70N2O2S4/c1-8-10-12-14-20-43-36-61(64-44(21-15-13-11-9-2)35-57(74-64)60-39-59-58(73-60)38-48(72-59)34-45(40-68)65(70)71)75-63(43)42-26-28-46(29-27-42)69(47-30-31-51-49-22-16-18-24-53(49)66(4,5)55(51)37-47)56-33-32-52-50-23-17-19-25-54(50)67(6,7)62(52)41(56)3/h16-19,22-29,32-37,39,41,48,62H,8-15,20-21,30-31,38H2,1-7H3,(H,70,71)/b45-34+. The van der Waals surface area contributed by atoms with Gasteiger partial charge in [0.2, 0.25) is 0 Å². The summed E-state index contributed by atoms with van der Waals surface area (Å²) in [5.41, 5.74) is 18.2. The van der Waals surface area contributed by atoms with Gasteiger partial charge >= 0.3 is 5.97 Å². The summed E-state index contributed by atoms with van der Waals surface area (Å²) in [5.74, 6) is -0.489. The van der Waals surface area contributed by atoms with Crippen LogP contribution in [0.4, 0.5) is 5.69 Å². The van der Waals surface area contributed by atoms with Crippen molar-refractivity contribution in [3.8, 4) is 36.0 Å². The summed E-state index contributed by atoms with van der Waals surface area (Å²) in [6.07, 6.45) is 23.9. The number of thioether (sulfide) groups is 1. The number of hydrogen-bond acceptors (Lipinski definition) is 7. The van der Waals surface area contributed by atoms with Gasteiger partial charge < -0.3 is 10.0 Å². The van der Waals surface area contributed by atoms with Gasteiger partial charge in [0.1, 0.15) is 11.6 Å². The van der Waals surface area contributed by atoms with Crippen LogP contribution >= 0.6 is 45.8 Å². The predicted octanol–water partition coefficient (Wildman–Crippen LogP) is 19.4. The molecule has 1 aliphatic heterocycles. The van der Waals surface area contributed by atoms with E-state index in [0.717, 1.165) is 32.1 Å².